The van der Waals surface area contributed by atoms with Gasteiger partial charge in [0.25, 0.3) is 0 Å². The smallest absolute Gasteiger partial charge is 0.0541 e. The van der Waals surface area contributed by atoms with Crippen molar-refractivity contribution in [1.29, 1.82) is 0 Å². The topological polar surface area (TPSA) is 4.93 Å². The highest BCUT2D eigenvalue weighted by Gasteiger charge is 2.16. The van der Waals surface area contributed by atoms with Crippen molar-refractivity contribution in [3.8, 4) is 27.9 Å². The largest absolute Gasteiger partial charge is 0.309 e. The lowest BCUT2D eigenvalue weighted by Crippen LogP contribution is -1.94. The molecule has 0 aliphatic carbocycles. The van der Waals surface area contributed by atoms with Gasteiger partial charge in [-0.15, -0.1) is 0 Å². The van der Waals surface area contributed by atoms with Crippen LogP contribution < -0.4 is 0 Å². The van der Waals surface area contributed by atoms with E-state index in [4.69, 9.17) is 0 Å². The molecule has 0 saturated carbocycles. The monoisotopic (exact) mass is 495 g/mol. The van der Waals surface area contributed by atoms with Gasteiger partial charge in [-0.25, -0.2) is 0 Å². The van der Waals surface area contributed by atoms with E-state index in [1.807, 2.05) is 0 Å². The third kappa shape index (κ3) is 3.41. The van der Waals surface area contributed by atoms with Gasteiger partial charge in [-0.1, -0.05) is 121 Å². The third-order valence-electron chi connectivity index (χ3n) is 7.97. The Balaban J connectivity index is 1.40. The third-order valence-corrected chi connectivity index (χ3v) is 7.97. The van der Waals surface area contributed by atoms with E-state index >= 15 is 0 Å². The lowest BCUT2D eigenvalue weighted by molar-refractivity contribution is 1.18. The number of para-hydroxylation sites is 2. The van der Waals surface area contributed by atoms with Gasteiger partial charge in [0, 0.05) is 16.5 Å². The fourth-order valence-corrected chi connectivity index (χ4v) is 6.26. The Morgan fingerprint density at radius 1 is 0.385 bits per heavy atom. The van der Waals surface area contributed by atoms with Crippen LogP contribution in [0, 0.1) is 0 Å². The zero-order chi connectivity index (χ0) is 25.8. The Hall–Kier alpha value is -5.14. The molecular formula is C38H25N. The fraction of sp³-hybridized carbons (Fsp3) is 0. The van der Waals surface area contributed by atoms with Crippen LogP contribution in [-0.4, -0.2) is 4.57 Å². The Morgan fingerprint density at radius 2 is 0.974 bits per heavy atom. The predicted molar refractivity (Wildman–Crippen MR) is 167 cm³/mol. The molecule has 0 radical (unpaired) electrons. The average molecular weight is 496 g/mol. The highest BCUT2D eigenvalue weighted by atomic mass is 15.0. The summed E-state index contributed by atoms with van der Waals surface area (Å²) in [6.07, 6.45) is 0. The molecule has 0 atom stereocenters. The summed E-state index contributed by atoms with van der Waals surface area (Å²) in [5.74, 6) is 0. The van der Waals surface area contributed by atoms with Crippen LogP contribution in [0.25, 0.3) is 71.3 Å². The van der Waals surface area contributed by atoms with Crippen molar-refractivity contribution >= 4 is 43.4 Å². The van der Waals surface area contributed by atoms with Crippen LogP contribution in [0.5, 0.6) is 0 Å². The van der Waals surface area contributed by atoms with Gasteiger partial charge >= 0.3 is 0 Å². The maximum atomic E-state index is 2.38. The van der Waals surface area contributed by atoms with Gasteiger partial charge in [0.15, 0.2) is 0 Å². The van der Waals surface area contributed by atoms with Crippen LogP contribution in [-0.2, 0) is 0 Å². The summed E-state index contributed by atoms with van der Waals surface area (Å²) in [4.78, 5) is 0. The Morgan fingerprint density at radius 3 is 1.69 bits per heavy atom. The maximum Gasteiger partial charge on any atom is 0.0541 e. The molecule has 0 saturated heterocycles. The highest BCUT2D eigenvalue weighted by Crippen LogP contribution is 2.42. The highest BCUT2D eigenvalue weighted by molar-refractivity contribution is 6.17. The lowest BCUT2D eigenvalue weighted by atomic mass is 9.87. The predicted octanol–water partition coefficient (Wildman–Crippen LogP) is 10.4. The standard InChI is InChI=1S/C38H25N/c1-2-11-26(12-3-1)31-18-10-14-29-25-28-13-4-5-15-32(28)37(38(29)31)27-21-23-30(24-22-27)39-35-19-8-6-16-33(35)34-17-7-9-20-36(34)39/h1-25H. The molecule has 0 N–H and O–H groups in total. The minimum atomic E-state index is 1.17. The quantitative estimate of drug-likeness (QED) is 0.215. The zero-order valence-corrected chi connectivity index (χ0v) is 21.4. The minimum Gasteiger partial charge on any atom is -0.309 e. The van der Waals surface area contributed by atoms with Crippen LogP contribution >= 0.6 is 0 Å². The van der Waals surface area contributed by atoms with Crippen LogP contribution in [0.15, 0.2) is 152 Å². The molecule has 1 heterocycles. The molecule has 1 aromatic heterocycles. The second-order valence-electron chi connectivity index (χ2n) is 10.2. The van der Waals surface area contributed by atoms with Gasteiger partial charge in [0.2, 0.25) is 0 Å². The van der Waals surface area contributed by atoms with E-state index in [-0.39, 0.29) is 0 Å². The van der Waals surface area contributed by atoms with E-state index in [0.29, 0.717) is 0 Å². The molecule has 0 spiro atoms. The molecule has 1 nitrogen and oxygen atoms in total. The van der Waals surface area contributed by atoms with Crippen molar-refractivity contribution in [2.45, 2.75) is 0 Å². The number of benzene rings is 7. The summed E-state index contributed by atoms with van der Waals surface area (Å²) in [7, 11) is 0. The first-order valence-corrected chi connectivity index (χ1v) is 13.5. The summed E-state index contributed by atoms with van der Waals surface area (Å²) < 4.78 is 2.38. The number of aromatic nitrogens is 1. The van der Waals surface area contributed by atoms with E-state index in [2.05, 4.69) is 156 Å². The van der Waals surface area contributed by atoms with Crippen molar-refractivity contribution in [3.63, 3.8) is 0 Å². The van der Waals surface area contributed by atoms with Gasteiger partial charge in [-0.3, -0.25) is 0 Å². The van der Waals surface area contributed by atoms with Crippen molar-refractivity contribution in [2.75, 3.05) is 0 Å². The number of rotatable bonds is 3. The molecule has 182 valence electrons. The Kier molecular flexibility index (Phi) is 4.89. The molecule has 0 unspecified atom stereocenters. The Labute approximate surface area is 227 Å². The number of hydrogen-bond acceptors (Lipinski definition) is 0. The van der Waals surface area contributed by atoms with Crippen LogP contribution in [0.2, 0.25) is 0 Å². The van der Waals surface area contributed by atoms with Crippen molar-refractivity contribution in [2.24, 2.45) is 0 Å². The molecule has 8 aromatic rings. The van der Waals surface area contributed by atoms with E-state index in [1.165, 1.54) is 71.3 Å². The first-order chi connectivity index (χ1) is 19.4. The van der Waals surface area contributed by atoms with Gasteiger partial charge in [-0.2, -0.15) is 0 Å². The number of hydrogen-bond donors (Lipinski definition) is 0. The van der Waals surface area contributed by atoms with Crippen molar-refractivity contribution in [3.05, 3.63) is 152 Å². The molecule has 8 rings (SSSR count). The van der Waals surface area contributed by atoms with Gasteiger partial charge in [0.1, 0.15) is 0 Å². The summed E-state index contributed by atoms with van der Waals surface area (Å²) >= 11 is 0. The van der Waals surface area contributed by atoms with E-state index in [9.17, 15) is 0 Å². The van der Waals surface area contributed by atoms with Crippen LogP contribution in [0.3, 0.4) is 0 Å². The molecule has 7 aromatic carbocycles. The van der Waals surface area contributed by atoms with E-state index < -0.39 is 0 Å². The Bertz CT molecular complexity index is 2100. The van der Waals surface area contributed by atoms with E-state index in [0.717, 1.165) is 0 Å². The van der Waals surface area contributed by atoms with Crippen molar-refractivity contribution < 1.29 is 0 Å². The molecular weight excluding hydrogens is 470 g/mol. The molecule has 0 bridgehead atoms. The maximum absolute atomic E-state index is 2.38. The molecule has 0 fully saturated rings. The number of fused-ring (bicyclic) bond motifs is 5. The molecule has 0 aliphatic rings. The molecule has 0 amide bonds. The van der Waals surface area contributed by atoms with Crippen LogP contribution in [0.1, 0.15) is 0 Å². The SMILES string of the molecule is c1ccc(-c2cccc3cc4ccccc4c(-c4ccc(-n5c6ccccc6c6ccccc65)cc4)c23)cc1. The van der Waals surface area contributed by atoms with Gasteiger partial charge in [-0.05, 0) is 74.1 Å². The summed E-state index contributed by atoms with van der Waals surface area (Å²) in [5, 5.41) is 7.66. The minimum absolute atomic E-state index is 1.17. The van der Waals surface area contributed by atoms with Gasteiger partial charge in [0.05, 0.1) is 11.0 Å². The summed E-state index contributed by atoms with van der Waals surface area (Å²) in [6.45, 7) is 0. The second-order valence-corrected chi connectivity index (χ2v) is 10.2. The van der Waals surface area contributed by atoms with Crippen LogP contribution in [0.4, 0.5) is 0 Å². The first-order valence-electron chi connectivity index (χ1n) is 13.5. The van der Waals surface area contributed by atoms with Gasteiger partial charge < -0.3 is 4.57 Å². The average Bonchev–Trinajstić information content (AvgIpc) is 3.34. The molecule has 1 heteroatoms. The number of nitrogens with zero attached hydrogens (tertiary/aromatic N) is 1. The van der Waals surface area contributed by atoms with E-state index in [1.54, 1.807) is 0 Å². The summed E-state index contributed by atoms with van der Waals surface area (Å²) in [6, 6.07) is 55.0. The second kappa shape index (κ2) is 8.72. The lowest BCUT2D eigenvalue weighted by Gasteiger charge is -2.17. The fourth-order valence-electron chi connectivity index (χ4n) is 6.26. The first kappa shape index (κ1) is 21.9. The molecule has 0 aliphatic heterocycles. The molecule has 39 heavy (non-hydrogen) atoms. The normalized spacial score (nSPS) is 11.6. The van der Waals surface area contributed by atoms with Crippen molar-refractivity contribution in [1.82, 2.24) is 4.57 Å². The zero-order valence-electron chi connectivity index (χ0n) is 21.4. The summed E-state index contributed by atoms with van der Waals surface area (Å²) in [5.41, 5.74) is 8.65.